The van der Waals surface area contributed by atoms with Gasteiger partial charge in [-0.1, -0.05) is 0 Å². The van der Waals surface area contributed by atoms with Gasteiger partial charge in [-0.3, -0.25) is 18.6 Å². The molecule has 0 amide bonds. The Balaban J connectivity index is 3.29. The first-order valence-electron chi connectivity index (χ1n) is 7.56. The molecule has 3 atom stereocenters. The van der Waals surface area contributed by atoms with Crippen LogP contribution in [0.1, 0.15) is 40.5 Å². The first-order chi connectivity index (χ1) is 11.5. The van der Waals surface area contributed by atoms with Gasteiger partial charge >= 0.3 is 17.9 Å². The maximum Gasteiger partial charge on any atom is 0.312 e. The average Bonchev–Trinajstić information content (AvgIpc) is 2.46. The molecule has 0 aromatic heterocycles. The first kappa shape index (κ1) is 21.1. The minimum Gasteiger partial charge on any atom is -0.469 e. The standard InChI is InChI=1S/C15H22O9S/c1-8-6-13(23-11(4)17)14(25(19,20)24-8)7-12(22-10(3)16)9(2)15(18)21-5/h8-9,12H,6-7H2,1-5H3/t8-,9+,12+/m1/s1. The molecule has 1 aliphatic heterocycles. The lowest BCUT2D eigenvalue weighted by molar-refractivity contribution is -0.158. The van der Waals surface area contributed by atoms with Crippen LogP contribution in [0.4, 0.5) is 0 Å². The number of carbonyl (C=O) groups is 3. The monoisotopic (exact) mass is 378 g/mol. The van der Waals surface area contributed by atoms with Gasteiger partial charge in [0.1, 0.15) is 16.8 Å². The number of hydrogen-bond acceptors (Lipinski definition) is 9. The number of hydrogen-bond donors (Lipinski definition) is 0. The fraction of sp³-hybridized carbons (Fsp3) is 0.667. The topological polar surface area (TPSA) is 122 Å². The number of carbonyl (C=O) groups excluding carboxylic acids is 3. The molecule has 0 radical (unpaired) electrons. The molecule has 0 aromatic carbocycles. The van der Waals surface area contributed by atoms with Gasteiger partial charge < -0.3 is 14.2 Å². The van der Waals surface area contributed by atoms with Crippen molar-refractivity contribution in [1.29, 1.82) is 0 Å². The van der Waals surface area contributed by atoms with Crippen molar-refractivity contribution >= 4 is 28.0 Å². The van der Waals surface area contributed by atoms with Gasteiger partial charge in [-0.15, -0.1) is 0 Å². The van der Waals surface area contributed by atoms with Gasteiger partial charge in [0.2, 0.25) is 0 Å². The van der Waals surface area contributed by atoms with Crippen molar-refractivity contribution in [2.45, 2.75) is 52.7 Å². The third-order valence-corrected chi connectivity index (χ3v) is 5.06. The Morgan fingerprint density at radius 2 is 1.84 bits per heavy atom. The smallest absolute Gasteiger partial charge is 0.312 e. The summed E-state index contributed by atoms with van der Waals surface area (Å²) in [5.41, 5.74) is 0. The largest absolute Gasteiger partial charge is 0.469 e. The van der Waals surface area contributed by atoms with E-state index >= 15 is 0 Å². The number of rotatable bonds is 6. The molecule has 0 fully saturated rings. The quantitative estimate of drug-likeness (QED) is 0.379. The molecule has 25 heavy (non-hydrogen) atoms. The second kappa shape index (κ2) is 8.43. The van der Waals surface area contributed by atoms with Crippen molar-refractivity contribution in [1.82, 2.24) is 0 Å². The molecule has 1 rings (SSSR count). The van der Waals surface area contributed by atoms with E-state index in [1.165, 1.54) is 13.8 Å². The van der Waals surface area contributed by atoms with E-state index in [4.69, 9.17) is 13.7 Å². The van der Waals surface area contributed by atoms with E-state index in [0.717, 1.165) is 21.0 Å². The highest BCUT2D eigenvalue weighted by molar-refractivity contribution is 7.90. The molecule has 0 spiro atoms. The lowest BCUT2D eigenvalue weighted by atomic mass is 10.0. The zero-order chi connectivity index (χ0) is 19.4. The summed E-state index contributed by atoms with van der Waals surface area (Å²) in [4.78, 5) is 34.0. The molecular formula is C15H22O9S. The Morgan fingerprint density at radius 1 is 1.24 bits per heavy atom. The van der Waals surface area contributed by atoms with Crippen LogP contribution < -0.4 is 0 Å². The van der Waals surface area contributed by atoms with Crippen molar-refractivity contribution in [3.05, 3.63) is 10.7 Å². The van der Waals surface area contributed by atoms with E-state index in [-0.39, 0.29) is 23.5 Å². The van der Waals surface area contributed by atoms with Crippen LogP contribution in [0.2, 0.25) is 0 Å². The van der Waals surface area contributed by atoms with Crippen LogP contribution >= 0.6 is 0 Å². The van der Waals surface area contributed by atoms with Crippen LogP contribution in [0, 0.1) is 5.92 Å². The first-order valence-corrected chi connectivity index (χ1v) is 8.97. The Kier molecular flexibility index (Phi) is 7.12. The Bertz CT molecular complexity index is 677. The summed E-state index contributed by atoms with van der Waals surface area (Å²) in [5, 5.41) is 0. The number of esters is 3. The Labute approximate surface area is 146 Å². The highest BCUT2D eigenvalue weighted by Crippen LogP contribution is 2.33. The summed E-state index contributed by atoms with van der Waals surface area (Å²) in [7, 11) is -3.04. The van der Waals surface area contributed by atoms with Crippen molar-refractivity contribution < 1.29 is 41.2 Å². The van der Waals surface area contributed by atoms with Crippen LogP contribution in [0.5, 0.6) is 0 Å². The minimum absolute atomic E-state index is 0.0491. The molecule has 0 saturated carbocycles. The van der Waals surface area contributed by atoms with E-state index in [1.54, 1.807) is 0 Å². The van der Waals surface area contributed by atoms with Gasteiger partial charge in [-0.25, -0.2) is 0 Å². The van der Waals surface area contributed by atoms with E-state index in [9.17, 15) is 22.8 Å². The summed E-state index contributed by atoms with van der Waals surface area (Å²) in [5.74, 6) is -3.09. The molecule has 0 unspecified atom stereocenters. The summed E-state index contributed by atoms with van der Waals surface area (Å²) in [6.07, 6.45) is -2.17. The van der Waals surface area contributed by atoms with Gasteiger partial charge in [-0.2, -0.15) is 8.42 Å². The molecule has 9 nitrogen and oxygen atoms in total. The third-order valence-electron chi connectivity index (χ3n) is 3.48. The van der Waals surface area contributed by atoms with Gasteiger partial charge in [0, 0.05) is 26.7 Å². The second-order valence-electron chi connectivity index (χ2n) is 5.67. The Morgan fingerprint density at radius 3 is 2.32 bits per heavy atom. The lowest BCUT2D eigenvalue weighted by Crippen LogP contribution is -2.34. The van der Waals surface area contributed by atoms with Crippen molar-refractivity contribution in [3.8, 4) is 0 Å². The number of methoxy groups -OCH3 is 1. The Hall–Kier alpha value is -1.94. The van der Waals surface area contributed by atoms with Gasteiger partial charge in [0.25, 0.3) is 10.1 Å². The van der Waals surface area contributed by atoms with E-state index in [0.29, 0.717) is 0 Å². The van der Waals surface area contributed by atoms with E-state index in [2.05, 4.69) is 4.74 Å². The molecule has 142 valence electrons. The fourth-order valence-electron chi connectivity index (χ4n) is 2.36. The summed E-state index contributed by atoms with van der Waals surface area (Å²) >= 11 is 0. The molecule has 1 heterocycles. The maximum atomic E-state index is 12.3. The highest BCUT2D eigenvalue weighted by atomic mass is 32.2. The van der Waals surface area contributed by atoms with Crippen LogP contribution in [-0.2, 0) is 42.9 Å². The summed E-state index contributed by atoms with van der Waals surface area (Å²) < 4.78 is 44.3. The van der Waals surface area contributed by atoms with Crippen molar-refractivity contribution in [2.24, 2.45) is 5.92 Å². The summed E-state index contributed by atoms with van der Waals surface area (Å²) in [6.45, 7) is 5.22. The van der Waals surface area contributed by atoms with Crippen LogP contribution in [0.15, 0.2) is 10.7 Å². The van der Waals surface area contributed by atoms with E-state index in [1.807, 2.05) is 0 Å². The average molecular weight is 378 g/mol. The summed E-state index contributed by atoms with van der Waals surface area (Å²) in [6, 6.07) is 0. The van der Waals surface area contributed by atoms with Gasteiger partial charge in [0.15, 0.2) is 0 Å². The third kappa shape index (κ3) is 5.82. The fourth-order valence-corrected chi connectivity index (χ4v) is 3.75. The van der Waals surface area contributed by atoms with Crippen molar-refractivity contribution in [3.63, 3.8) is 0 Å². The number of ether oxygens (including phenoxy) is 3. The van der Waals surface area contributed by atoms with Crippen molar-refractivity contribution in [2.75, 3.05) is 7.11 Å². The minimum atomic E-state index is -4.21. The molecule has 10 heteroatoms. The SMILES string of the molecule is COC(=O)[C@@H](C)[C@H](CC1=C(OC(C)=O)C[C@@H](C)OS1(=O)=O)OC(C)=O. The predicted octanol–water partition coefficient (Wildman–Crippen LogP) is 1.03. The molecule has 0 saturated heterocycles. The van der Waals surface area contributed by atoms with E-state index < -0.39 is 46.2 Å². The van der Waals surface area contributed by atoms with Crippen LogP contribution in [0.25, 0.3) is 0 Å². The highest BCUT2D eigenvalue weighted by Gasteiger charge is 2.38. The zero-order valence-electron chi connectivity index (χ0n) is 14.7. The molecule has 0 N–H and O–H groups in total. The van der Waals surface area contributed by atoms with Gasteiger partial charge in [-0.05, 0) is 13.8 Å². The molecular weight excluding hydrogens is 356 g/mol. The van der Waals surface area contributed by atoms with Crippen LogP contribution in [0.3, 0.4) is 0 Å². The molecule has 0 aromatic rings. The van der Waals surface area contributed by atoms with Crippen LogP contribution in [-0.4, -0.2) is 45.6 Å². The molecule has 0 aliphatic carbocycles. The maximum absolute atomic E-state index is 12.3. The zero-order valence-corrected chi connectivity index (χ0v) is 15.5. The lowest BCUT2D eigenvalue weighted by Gasteiger charge is -2.28. The second-order valence-corrected chi connectivity index (χ2v) is 7.26. The molecule has 0 bridgehead atoms. The normalized spacial score (nSPS) is 21.9. The van der Waals surface area contributed by atoms with Gasteiger partial charge in [0.05, 0.1) is 19.1 Å². The predicted molar refractivity (Wildman–Crippen MR) is 84.2 cm³/mol. The molecule has 1 aliphatic rings.